The Morgan fingerprint density at radius 2 is 1.88 bits per heavy atom. The van der Waals surface area contributed by atoms with Crippen LogP contribution >= 0.6 is 11.6 Å². The molecule has 0 unspecified atom stereocenters. The van der Waals surface area contributed by atoms with Crippen LogP contribution in [-0.4, -0.2) is 28.2 Å². The summed E-state index contributed by atoms with van der Waals surface area (Å²) in [4.78, 5) is 18.2. The number of H-pyrrole nitrogens is 1. The van der Waals surface area contributed by atoms with Crippen molar-refractivity contribution in [1.29, 1.82) is 0 Å². The molecular weight excluding hydrogens is 352 g/mol. The molecule has 132 valence electrons. The summed E-state index contributed by atoms with van der Waals surface area (Å²) in [6, 6.07) is 15.2. The van der Waals surface area contributed by atoms with Crippen LogP contribution in [0.1, 0.15) is 17.0 Å². The highest BCUT2D eigenvalue weighted by Gasteiger charge is 2.11. The molecule has 0 saturated heterocycles. The monoisotopic (exact) mass is 368 g/mol. The van der Waals surface area contributed by atoms with Crippen LogP contribution in [0.5, 0.6) is 5.75 Å². The number of rotatable bonds is 6. The number of imidazole rings is 1. The van der Waals surface area contributed by atoms with Gasteiger partial charge in [-0.1, -0.05) is 35.9 Å². The lowest BCUT2D eigenvalue weighted by atomic mass is 10.1. The van der Waals surface area contributed by atoms with Crippen LogP contribution in [-0.2, 0) is 11.2 Å². The summed E-state index contributed by atoms with van der Waals surface area (Å²) in [7, 11) is 1.62. The Hall–Kier alpha value is -3.05. The van der Waals surface area contributed by atoms with Gasteiger partial charge in [-0.25, -0.2) is 9.78 Å². The third kappa shape index (κ3) is 4.32. The fraction of sp³-hybridized carbons (Fsp3) is 0.100. The molecule has 6 heteroatoms. The summed E-state index contributed by atoms with van der Waals surface area (Å²) >= 11 is 6.30. The second kappa shape index (κ2) is 7.89. The molecule has 0 aliphatic rings. The van der Waals surface area contributed by atoms with Gasteiger partial charge in [-0.05, 0) is 41.5 Å². The molecular formula is C20H17ClN2O3. The predicted molar refractivity (Wildman–Crippen MR) is 102 cm³/mol. The normalized spacial score (nSPS) is 11.0. The first-order chi connectivity index (χ1) is 12.5. The van der Waals surface area contributed by atoms with E-state index in [0.717, 1.165) is 34.3 Å². The molecule has 1 heterocycles. The number of carboxylic acids is 1. The number of aromatic nitrogens is 2. The second-order valence-electron chi connectivity index (χ2n) is 5.66. The molecule has 0 aliphatic carbocycles. The van der Waals surface area contributed by atoms with Crippen molar-refractivity contribution >= 4 is 23.6 Å². The largest absolute Gasteiger partial charge is 0.497 e. The number of benzene rings is 2. The van der Waals surface area contributed by atoms with Crippen molar-refractivity contribution in [3.8, 4) is 17.0 Å². The Balaban J connectivity index is 1.75. The predicted octanol–water partition coefficient (Wildman–Crippen LogP) is 4.43. The highest BCUT2D eigenvalue weighted by molar-refractivity contribution is 6.31. The first-order valence-corrected chi connectivity index (χ1v) is 8.31. The average molecular weight is 369 g/mol. The van der Waals surface area contributed by atoms with Crippen molar-refractivity contribution < 1.29 is 14.6 Å². The highest BCUT2D eigenvalue weighted by atomic mass is 35.5. The van der Waals surface area contributed by atoms with Gasteiger partial charge in [-0.3, -0.25) is 0 Å². The summed E-state index contributed by atoms with van der Waals surface area (Å²) < 4.78 is 5.16. The Bertz CT molecular complexity index is 929. The molecule has 0 amide bonds. The maximum absolute atomic E-state index is 10.5. The number of nitrogens with zero attached hydrogens (tertiary/aromatic N) is 1. The Labute approximate surface area is 155 Å². The van der Waals surface area contributed by atoms with Gasteiger partial charge in [-0.15, -0.1) is 0 Å². The van der Waals surface area contributed by atoms with Crippen molar-refractivity contribution in [2.75, 3.05) is 7.11 Å². The smallest absolute Gasteiger partial charge is 0.328 e. The van der Waals surface area contributed by atoms with Crippen LogP contribution in [0.4, 0.5) is 0 Å². The maximum Gasteiger partial charge on any atom is 0.328 e. The minimum Gasteiger partial charge on any atom is -0.497 e. The lowest BCUT2D eigenvalue weighted by Gasteiger charge is -2.01. The van der Waals surface area contributed by atoms with Crippen molar-refractivity contribution in [2.45, 2.75) is 6.42 Å². The molecule has 0 atom stereocenters. The third-order valence-electron chi connectivity index (χ3n) is 3.84. The van der Waals surface area contributed by atoms with Crippen molar-refractivity contribution in [2.24, 2.45) is 0 Å². The topological polar surface area (TPSA) is 75.2 Å². The molecule has 2 N–H and O–H groups in total. The van der Waals surface area contributed by atoms with Gasteiger partial charge in [0, 0.05) is 18.1 Å². The minimum absolute atomic E-state index is 0.492. The molecule has 3 rings (SSSR count). The van der Waals surface area contributed by atoms with Gasteiger partial charge in [0.2, 0.25) is 0 Å². The summed E-state index contributed by atoms with van der Waals surface area (Å²) in [5.41, 5.74) is 3.48. The molecule has 5 nitrogen and oxygen atoms in total. The highest BCUT2D eigenvalue weighted by Crippen LogP contribution is 2.27. The van der Waals surface area contributed by atoms with Crippen LogP contribution in [0.15, 0.2) is 54.6 Å². The Morgan fingerprint density at radius 1 is 1.19 bits per heavy atom. The Kier molecular flexibility index (Phi) is 5.39. The molecule has 0 radical (unpaired) electrons. The number of nitrogens with one attached hydrogen (secondary N) is 1. The van der Waals surface area contributed by atoms with Gasteiger partial charge in [0.1, 0.15) is 22.4 Å². The molecule has 3 aromatic rings. The van der Waals surface area contributed by atoms with E-state index in [4.69, 9.17) is 21.4 Å². The van der Waals surface area contributed by atoms with Gasteiger partial charge in [0.25, 0.3) is 0 Å². The van der Waals surface area contributed by atoms with Gasteiger partial charge in [0.05, 0.1) is 7.11 Å². The van der Waals surface area contributed by atoms with Crippen LogP contribution in [0.25, 0.3) is 17.3 Å². The number of methoxy groups -OCH3 is 1. The van der Waals surface area contributed by atoms with E-state index in [1.54, 1.807) is 13.2 Å². The maximum atomic E-state index is 10.5. The SMILES string of the molecule is COc1ccc(-c2nc(Cc3ccc(C=CC(=O)O)cc3)[nH]c2Cl)cc1. The summed E-state index contributed by atoms with van der Waals surface area (Å²) in [5.74, 6) is 0.567. The van der Waals surface area contributed by atoms with Gasteiger partial charge in [0.15, 0.2) is 0 Å². The van der Waals surface area contributed by atoms with Crippen LogP contribution in [0.2, 0.25) is 5.15 Å². The molecule has 0 saturated carbocycles. The van der Waals surface area contributed by atoms with Crippen molar-refractivity contribution in [1.82, 2.24) is 9.97 Å². The Morgan fingerprint density at radius 3 is 2.50 bits per heavy atom. The fourth-order valence-electron chi connectivity index (χ4n) is 2.53. The van der Waals surface area contributed by atoms with E-state index < -0.39 is 5.97 Å². The minimum atomic E-state index is -0.967. The third-order valence-corrected chi connectivity index (χ3v) is 4.12. The average Bonchev–Trinajstić information content (AvgIpc) is 3.01. The zero-order valence-electron chi connectivity index (χ0n) is 14.1. The van der Waals surface area contributed by atoms with Gasteiger partial charge in [-0.2, -0.15) is 0 Å². The summed E-state index contributed by atoms with van der Waals surface area (Å²) in [5, 5.41) is 9.15. The van der Waals surface area contributed by atoms with Crippen LogP contribution in [0.3, 0.4) is 0 Å². The number of hydrogen-bond acceptors (Lipinski definition) is 3. The lowest BCUT2D eigenvalue weighted by Crippen LogP contribution is -1.91. The molecule has 0 bridgehead atoms. The lowest BCUT2D eigenvalue weighted by molar-refractivity contribution is -0.131. The van der Waals surface area contributed by atoms with Gasteiger partial charge < -0.3 is 14.8 Å². The number of ether oxygens (including phenoxy) is 1. The first kappa shape index (κ1) is 17.8. The fourth-order valence-corrected chi connectivity index (χ4v) is 2.79. The number of carbonyl (C=O) groups is 1. The second-order valence-corrected chi connectivity index (χ2v) is 6.04. The van der Waals surface area contributed by atoms with E-state index in [0.29, 0.717) is 17.3 Å². The number of hydrogen-bond donors (Lipinski definition) is 2. The van der Waals surface area contributed by atoms with E-state index >= 15 is 0 Å². The molecule has 0 fully saturated rings. The van der Waals surface area contributed by atoms with E-state index in [1.165, 1.54) is 0 Å². The van der Waals surface area contributed by atoms with Crippen LogP contribution in [0, 0.1) is 0 Å². The standard InChI is InChI=1S/C20H17ClN2O3/c1-26-16-9-7-15(8-10-16)19-20(21)23-17(22-19)12-14-4-2-13(3-5-14)6-11-18(24)25/h2-11H,12H2,1H3,(H,22,23)(H,24,25). The van der Waals surface area contributed by atoms with Crippen molar-refractivity contribution in [3.63, 3.8) is 0 Å². The summed E-state index contributed by atoms with van der Waals surface area (Å²) in [6.45, 7) is 0. The number of aliphatic carboxylic acids is 1. The number of aromatic amines is 1. The van der Waals surface area contributed by atoms with E-state index in [1.807, 2.05) is 48.5 Å². The first-order valence-electron chi connectivity index (χ1n) is 7.94. The zero-order valence-corrected chi connectivity index (χ0v) is 14.8. The summed E-state index contributed by atoms with van der Waals surface area (Å²) in [6.07, 6.45) is 3.26. The molecule has 1 aromatic heterocycles. The molecule has 0 spiro atoms. The van der Waals surface area contributed by atoms with E-state index in [2.05, 4.69) is 9.97 Å². The molecule has 2 aromatic carbocycles. The quantitative estimate of drug-likeness (QED) is 0.631. The zero-order chi connectivity index (χ0) is 18.5. The van der Waals surface area contributed by atoms with Crippen LogP contribution < -0.4 is 4.74 Å². The molecule has 0 aliphatic heterocycles. The van der Waals surface area contributed by atoms with E-state index in [9.17, 15) is 4.79 Å². The number of halogens is 1. The molecule has 26 heavy (non-hydrogen) atoms. The van der Waals surface area contributed by atoms with Gasteiger partial charge >= 0.3 is 5.97 Å². The number of carboxylic acid groups (broad SMARTS) is 1. The van der Waals surface area contributed by atoms with Crippen molar-refractivity contribution in [3.05, 3.63) is 76.7 Å². The van der Waals surface area contributed by atoms with E-state index in [-0.39, 0.29) is 0 Å².